The van der Waals surface area contributed by atoms with Crippen LogP contribution in [0.4, 0.5) is 13.2 Å². The Morgan fingerprint density at radius 1 is 1.31 bits per heavy atom. The number of hydrogen-bond acceptors (Lipinski definition) is 7. The van der Waals surface area contributed by atoms with Crippen LogP contribution in [0.2, 0.25) is 0 Å². The highest BCUT2D eigenvalue weighted by atomic mass is 32.2. The number of rotatable bonds is 5. The smallest absolute Gasteiger partial charge is 0.477 e. The largest absolute Gasteiger partial charge is 0.534 e. The summed E-state index contributed by atoms with van der Waals surface area (Å²) in [4.78, 5) is 15.1. The molecule has 4 atom stereocenters. The second-order valence-electron chi connectivity index (χ2n) is 9.13. The molecule has 1 aromatic rings. The second kappa shape index (κ2) is 6.83. The summed E-state index contributed by atoms with van der Waals surface area (Å²) in [5, 5.41) is 12.0. The molecule has 2 heterocycles. The van der Waals surface area contributed by atoms with Crippen LogP contribution in [0.15, 0.2) is 12.1 Å². The fraction of sp³-hybridized carbons (Fsp3) is 0.667. The van der Waals surface area contributed by atoms with Gasteiger partial charge in [0.2, 0.25) is 0 Å². The first-order valence-electron chi connectivity index (χ1n) is 10.8. The maximum Gasteiger partial charge on any atom is 0.534 e. The van der Waals surface area contributed by atoms with Crippen molar-refractivity contribution in [2.24, 2.45) is 0 Å². The van der Waals surface area contributed by atoms with Gasteiger partial charge in [-0.2, -0.15) is 21.6 Å². The summed E-state index contributed by atoms with van der Waals surface area (Å²) in [7, 11) is -5.92. The molecule has 176 valence electrons. The van der Waals surface area contributed by atoms with E-state index in [-0.39, 0.29) is 30.4 Å². The highest BCUT2D eigenvalue weighted by Gasteiger charge is 2.73. The molecule has 2 aliphatic carbocycles. The maximum absolute atomic E-state index is 12.9. The standard InChI is InChI=1S/C21H24F3NO6S/c1-2-3-9-25-10-8-19-16-12-4-5-14(31-32(28,29)21(22,23)24)17(16)30-18(19)13(26)6-7-20(19,27)15(25)11-12/h4-5,15,18,27H,2-3,6-11H2,1H3/t15-,18+,19+,20-/m1/s1. The molecule has 0 radical (unpaired) electrons. The van der Waals surface area contributed by atoms with Gasteiger partial charge >= 0.3 is 15.6 Å². The Hall–Kier alpha value is -1.85. The van der Waals surface area contributed by atoms with Gasteiger partial charge in [0.15, 0.2) is 23.4 Å². The van der Waals surface area contributed by atoms with Gasteiger partial charge in [0.05, 0.1) is 11.0 Å². The number of aliphatic hydroxyl groups is 1. The highest BCUT2D eigenvalue weighted by molar-refractivity contribution is 7.88. The number of ketones is 1. The average molecular weight is 475 g/mol. The summed E-state index contributed by atoms with van der Waals surface area (Å²) in [6.07, 6.45) is 2.00. The zero-order valence-corrected chi connectivity index (χ0v) is 18.3. The predicted octanol–water partition coefficient (Wildman–Crippen LogP) is 2.44. The molecule has 32 heavy (non-hydrogen) atoms. The van der Waals surface area contributed by atoms with Crippen LogP contribution in [0.25, 0.3) is 0 Å². The first-order chi connectivity index (χ1) is 15.0. The summed E-state index contributed by atoms with van der Waals surface area (Å²) in [6.45, 7) is 3.48. The van der Waals surface area contributed by atoms with Crippen LogP contribution >= 0.6 is 0 Å². The van der Waals surface area contributed by atoms with Crippen molar-refractivity contribution in [2.45, 2.75) is 74.1 Å². The number of unbranched alkanes of at least 4 members (excludes halogenated alkanes) is 1. The van der Waals surface area contributed by atoms with Crippen molar-refractivity contribution in [3.05, 3.63) is 23.3 Å². The summed E-state index contributed by atoms with van der Waals surface area (Å²) < 4.78 is 72.4. The van der Waals surface area contributed by atoms with Crippen molar-refractivity contribution >= 4 is 15.9 Å². The van der Waals surface area contributed by atoms with E-state index in [2.05, 4.69) is 16.0 Å². The second-order valence-corrected chi connectivity index (χ2v) is 10.7. The summed E-state index contributed by atoms with van der Waals surface area (Å²) >= 11 is 0. The molecular weight excluding hydrogens is 451 g/mol. The molecule has 1 aromatic carbocycles. The first-order valence-corrected chi connectivity index (χ1v) is 12.2. The Morgan fingerprint density at radius 3 is 2.75 bits per heavy atom. The molecule has 1 saturated carbocycles. The van der Waals surface area contributed by atoms with Crippen LogP contribution in [0.3, 0.4) is 0 Å². The van der Waals surface area contributed by atoms with Gasteiger partial charge in [0.1, 0.15) is 0 Å². The van der Waals surface area contributed by atoms with Gasteiger partial charge < -0.3 is 14.0 Å². The summed E-state index contributed by atoms with van der Waals surface area (Å²) in [5.41, 5.74) is -6.87. The van der Waals surface area contributed by atoms with Crippen LogP contribution in [-0.4, -0.2) is 60.6 Å². The fourth-order valence-corrected chi connectivity index (χ4v) is 6.72. The normalized spacial score (nSPS) is 33.6. The van der Waals surface area contributed by atoms with E-state index in [1.54, 1.807) is 0 Å². The van der Waals surface area contributed by atoms with E-state index in [0.717, 1.165) is 31.0 Å². The molecule has 0 unspecified atom stereocenters. The lowest BCUT2D eigenvalue weighted by Crippen LogP contribution is -2.76. The monoisotopic (exact) mass is 475 g/mol. The fourth-order valence-electron chi connectivity index (χ4n) is 6.26. The van der Waals surface area contributed by atoms with Crippen LogP contribution < -0.4 is 8.92 Å². The average Bonchev–Trinajstić information content (AvgIpc) is 3.06. The van der Waals surface area contributed by atoms with Gasteiger partial charge in [-0.3, -0.25) is 9.69 Å². The van der Waals surface area contributed by atoms with Crippen molar-refractivity contribution in [3.8, 4) is 11.5 Å². The first kappa shape index (κ1) is 22.0. The molecule has 1 N–H and O–H groups in total. The molecule has 4 aliphatic rings. The molecule has 5 rings (SSSR count). The predicted molar refractivity (Wildman–Crippen MR) is 106 cm³/mol. The minimum atomic E-state index is -5.92. The van der Waals surface area contributed by atoms with Gasteiger partial charge in [-0.05, 0) is 50.4 Å². The Morgan fingerprint density at radius 2 is 2.06 bits per heavy atom. The van der Waals surface area contributed by atoms with Gasteiger partial charge in [0.25, 0.3) is 0 Å². The summed E-state index contributed by atoms with van der Waals surface area (Å²) in [5.74, 6) is -1.02. The van der Waals surface area contributed by atoms with Crippen molar-refractivity contribution in [1.29, 1.82) is 0 Å². The van der Waals surface area contributed by atoms with E-state index in [4.69, 9.17) is 4.74 Å². The van der Waals surface area contributed by atoms with Crippen molar-refractivity contribution in [2.75, 3.05) is 13.1 Å². The molecule has 2 aliphatic heterocycles. The van der Waals surface area contributed by atoms with E-state index in [9.17, 15) is 31.5 Å². The number of alkyl halides is 3. The lowest BCUT2D eigenvalue weighted by atomic mass is 9.49. The van der Waals surface area contributed by atoms with Crippen molar-refractivity contribution in [3.63, 3.8) is 0 Å². The topological polar surface area (TPSA) is 93.1 Å². The number of piperidine rings is 1. The van der Waals surface area contributed by atoms with E-state index >= 15 is 0 Å². The maximum atomic E-state index is 12.9. The zero-order chi connectivity index (χ0) is 23.1. The van der Waals surface area contributed by atoms with Crippen molar-refractivity contribution < 1.29 is 40.4 Å². The van der Waals surface area contributed by atoms with Crippen LogP contribution in [0.1, 0.15) is 50.2 Å². The number of likely N-dealkylation sites (tertiary alicyclic amines) is 1. The quantitative estimate of drug-likeness (QED) is 0.517. The Kier molecular flexibility index (Phi) is 4.69. The van der Waals surface area contributed by atoms with E-state index in [0.29, 0.717) is 24.9 Å². The molecule has 1 spiro atoms. The van der Waals surface area contributed by atoms with Crippen LogP contribution in [-0.2, 0) is 26.7 Å². The molecule has 7 nitrogen and oxygen atoms in total. The number of carbonyl (C=O) groups excluding carboxylic acids is 1. The van der Waals surface area contributed by atoms with Gasteiger partial charge in [-0.15, -0.1) is 0 Å². The van der Waals surface area contributed by atoms with Crippen LogP contribution in [0, 0.1) is 0 Å². The molecule has 11 heteroatoms. The summed E-state index contributed by atoms with van der Waals surface area (Å²) in [6, 6.07) is 2.42. The number of Topliss-reactive ketones (excluding diaryl/α,β-unsaturated/α-hetero) is 1. The molecular formula is C21H24F3NO6S. The molecule has 2 bridgehead atoms. The van der Waals surface area contributed by atoms with Gasteiger partial charge in [-0.1, -0.05) is 19.4 Å². The number of halogens is 3. The molecule has 0 aromatic heterocycles. The number of benzene rings is 1. The minimum absolute atomic E-state index is 0.0847. The third-order valence-corrected chi connectivity index (χ3v) is 8.60. The van der Waals surface area contributed by atoms with Crippen LogP contribution in [0.5, 0.6) is 11.5 Å². The van der Waals surface area contributed by atoms with E-state index in [1.165, 1.54) is 6.07 Å². The number of ether oxygens (including phenoxy) is 1. The molecule has 0 amide bonds. The van der Waals surface area contributed by atoms with Crippen molar-refractivity contribution in [1.82, 2.24) is 4.90 Å². The van der Waals surface area contributed by atoms with E-state index < -0.39 is 38.5 Å². The molecule has 2 fully saturated rings. The number of hydrogen-bond donors (Lipinski definition) is 1. The SMILES string of the molecule is CCCCN1CC[C@]23c4c5ccc(OS(=O)(=O)C(F)(F)F)c4O[C@H]2C(=O)CC[C@@]3(O)[C@H]1C5. The molecule has 1 saturated heterocycles. The number of carbonyl (C=O) groups is 1. The minimum Gasteiger partial charge on any atom is -0.477 e. The van der Waals surface area contributed by atoms with Gasteiger partial charge in [0, 0.05) is 18.0 Å². The third kappa shape index (κ3) is 2.67. The van der Waals surface area contributed by atoms with E-state index in [1.807, 2.05) is 0 Å². The Balaban J connectivity index is 1.66. The zero-order valence-electron chi connectivity index (χ0n) is 17.4. The highest BCUT2D eigenvalue weighted by Crippen LogP contribution is 2.65. The Labute approximate surface area is 183 Å². The Bertz CT molecular complexity index is 1090. The third-order valence-electron chi connectivity index (χ3n) is 7.64. The number of nitrogens with zero attached hydrogens (tertiary/aromatic N) is 1. The lowest BCUT2D eigenvalue weighted by molar-refractivity contribution is -0.188. The lowest BCUT2D eigenvalue weighted by Gasteiger charge is -2.62. The van der Waals surface area contributed by atoms with Gasteiger partial charge in [-0.25, -0.2) is 0 Å².